The molecule has 142 valence electrons. The van der Waals surface area contributed by atoms with Crippen molar-refractivity contribution in [3.05, 3.63) is 30.6 Å². The van der Waals surface area contributed by atoms with Gasteiger partial charge in [0.1, 0.15) is 12.1 Å². The second-order valence-electron chi connectivity index (χ2n) is 6.16. The van der Waals surface area contributed by atoms with Gasteiger partial charge in [-0.2, -0.15) is 8.42 Å². The first-order valence-electron chi connectivity index (χ1n) is 7.94. The van der Waals surface area contributed by atoms with Gasteiger partial charge >= 0.3 is 10.1 Å². The van der Waals surface area contributed by atoms with E-state index in [4.69, 9.17) is 4.18 Å². The zero-order valence-electron chi connectivity index (χ0n) is 14.1. The molecule has 0 saturated carbocycles. The Bertz CT molecular complexity index is 934. The standard InChI is InChI=1S/C14H19N5O5S2/c1-25(20,21)18-8-6-12(7-9-18)10-26(22,23)24-14-4-2-13(3-5-14)19-11-15-16-17-19/h2-5,11-12H,6-10H2,1H3. The normalized spacial score (nSPS) is 17.3. The minimum absolute atomic E-state index is 0.126. The third kappa shape index (κ3) is 4.77. The van der Waals surface area contributed by atoms with Crippen molar-refractivity contribution in [1.82, 2.24) is 24.5 Å². The van der Waals surface area contributed by atoms with Crippen LogP contribution in [0.5, 0.6) is 5.75 Å². The zero-order chi connectivity index (χ0) is 18.8. The molecule has 0 unspecified atom stereocenters. The van der Waals surface area contributed by atoms with E-state index in [0.717, 1.165) is 6.26 Å². The second-order valence-corrected chi connectivity index (χ2v) is 9.76. The van der Waals surface area contributed by atoms with E-state index in [-0.39, 0.29) is 17.4 Å². The first kappa shape index (κ1) is 18.7. The van der Waals surface area contributed by atoms with Crippen molar-refractivity contribution >= 4 is 20.1 Å². The molecule has 0 N–H and O–H groups in total. The third-order valence-electron chi connectivity index (χ3n) is 4.16. The molecule has 10 nitrogen and oxygen atoms in total. The van der Waals surface area contributed by atoms with Crippen molar-refractivity contribution in [2.75, 3.05) is 25.1 Å². The lowest BCUT2D eigenvalue weighted by Gasteiger charge is -2.29. The fourth-order valence-corrected chi connectivity index (χ4v) is 5.07. The van der Waals surface area contributed by atoms with Gasteiger partial charge in [-0.3, -0.25) is 0 Å². The Kier molecular flexibility index (Phi) is 5.25. The highest BCUT2D eigenvalue weighted by Crippen LogP contribution is 2.23. The monoisotopic (exact) mass is 401 g/mol. The summed E-state index contributed by atoms with van der Waals surface area (Å²) in [5.41, 5.74) is 0.674. The highest BCUT2D eigenvalue weighted by molar-refractivity contribution is 7.88. The van der Waals surface area contributed by atoms with Crippen molar-refractivity contribution in [3.8, 4) is 11.4 Å². The molecule has 2 aromatic rings. The van der Waals surface area contributed by atoms with Crippen LogP contribution in [0.3, 0.4) is 0 Å². The molecular formula is C14H19N5O5S2. The number of piperidine rings is 1. The summed E-state index contributed by atoms with van der Waals surface area (Å²) in [7, 11) is -7.00. The molecule has 2 heterocycles. The summed E-state index contributed by atoms with van der Waals surface area (Å²) >= 11 is 0. The van der Waals surface area contributed by atoms with E-state index in [1.54, 1.807) is 12.1 Å². The van der Waals surface area contributed by atoms with Crippen LogP contribution in [0, 0.1) is 5.92 Å². The molecule has 1 fully saturated rings. The minimum atomic E-state index is -3.77. The average molecular weight is 401 g/mol. The van der Waals surface area contributed by atoms with Gasteiger partial charge in [-0.1, -0.05) is 0 Å². The summed E-state index contributed by atoms with van der Waals surface area (Å²) in [6, 6.07) is 6.35. The quantitative estimate of drug-likeness (QED) is 0.622. The lowest BCUT2D eigenvalue weighted by Crippen LogP contribution is -2.39. The number of aromatic nitrogens is 4. The number of rotatable bonds is 6. The first-order chi connectivity index (χ1) is 12.2. The maximum absolute atomic E-state index is 12.3. The van der Waals surface area contributed by atoms with Gasteiger partial charge in [-0.05, 0) is 53.5 Å². The van der Waals surface area contributed by atoms with Gasteiger partial charge in [0, 0.05) is 13.1 Å². The van der Waals surface area contributed by atoms with E-state index in [1.165, 1.54) is 27.4 Å². The van der Waals surface area contributed by atoms with Crippen LogP contribution in [0.15, 0.2) is 30.6 Å². The van der Waals surface area contributed by atoms with Crippen molar-refractivity contribution in [2.45, 2.75) is 12.8 Å². The third-order valence-corrected chi connectivity index (χ3v) is 6.79. The van der Waals surface area contributed by atoms with Crippen molar-refractivity contribution in [1.29, 1.82) is 0 Å². The summed E-state index contributed by atoms with van der Waals surface area (Å²) in [5, 5.41) is 10.8. The minimum Gasteiger partial charge on any atom is -0.382 e. The van der Waals surface area contributed by atoms with Gasteiger partial charge in [0.15, 0.2) is 0 Å². The average Bonchev–Trinajstić information content (AvgIpc) is 3.09. The number of nitrogens with zero attached hydrogens (tertiary/aromatic N) is 5. The predicted octanol–water partition coefficient (Wildman–Crippen LogP) is 0.0425. The molecule has 1 aliphatic rings. The summed E-state index contributed by atoms with van der Waals surface area (Å²) in [5.74, 6) is -0.0619. The topological polar surface area (TPSA) is 124 Å². The van der Waals surface area contributed by atoms with E-state index in [9.17, 15) is 16.8 Å². The Labute approximate surface area is 151 Å². The Morgan fingerprint density at radius 2 is 1.77 bits per heavy atom. The zero-order valence-corrected chi connectivity index (χ0v) is 15.7. The molecule has 1 aromatic carbocycles. The summed E-state index contributed by atoms with van der Waals surface area (Å²) in [6.45, 7) is 0.666. The van der Waals surface area contributed by atoms with Crippen LogP contribution in [0.4, 0.5) is 0 Å². The van der Waals surface area contributed by atoms with E-state index in [0.29, 0.717) is 31.6 Å². The molecule has 0 atom stereocenters. The molecular weight excluding hydrogens is 382 g/mol. The largest absolute Gasteiger partial charge is 0.382 e. The van der Waals surface area contributed by atoms with Gasteiger partial charge < -0.3 is 4.18 Å². The highest BCUT2D eigenvalue weighted by atomic mass is 32.2. The summed E-state index contributed by atoms with van der Waals surface area (Å²) in [6.07, 6.45) is 3.57. The maximum atomic E-state index is 12.3. The maximum Gasteiger partial charge on any atom is 0.309 e. The molecule has 0 amide bonds. The first-order valence-corrected chi connectivity index (χ1v) is 11.4. The predicted molar refractivity (Wildman–Crippen MR) is 92.7 cm³/mol. The van der Waals surface area contributed by atoms with Gasteiger partial charge in [0.2, 0.25) is 10.0 Å². The van der Waals surface area contributed by atoms with Crippen LogP contribution in [0.25, 0.3) is 5.69 Å². The van der Waals surface area contributed by atoms with Gasteiger partial charge in [0.25, 0.3) is 0 Å². The molecule has 26 heavy (non-hydrogen) atoms. The van der Waals surface area contributed by atoms with E-state index in [2.05, 4.69) is 15.5 Å². The molecule has 0 aliphatic carbocycles. The molecule has 1 saturated heterocycles. The number of hydrogen-bond donors (Lipinski definition) is 0. The lowest BCUT2D eigenvalue weighted by atomic mass is 10.0. The smallest absolute Gasteiger partial charge is 0.309 e. The summed E-state index contributed by atoms with van der Waals surface area (Å²) < 4.78 is 55.5. The lowest BCUT2D eigenvalue weighted by molar-refractivity contribution is 0.288. The fraction of sp³-hybridized carbons (Fsp3) is 0.500. The number of benzene rings is 1. The highest BCUT2D eigenvalue weighted by Gasteiger charge is 2.28. The molecule has 12 heteroatoms. The Hall–Kier alpha value is -2.05. The van der Waals surface area contributed by atoms with Crippen LogP contribution in [-0.4, -0.2) is 66.4 Å². The van der Waals surface area contributed by atoms with Crippen molar-refractivity contribution in [2.24, 2.45) is 5.92 Å². The van der Waals surface area contributed by atoms with E-state index in [1.807, 2.05) is 0 Å². The fourth-order valence-electron chi connectivity index (χ4n) is 2.81. The van der Waals surface area contributed by atoms with Gasteiger partial charge in [-0.25, -0.2) is 17.4 Å². The van der Waals surface area contributed by atoms with Crippen LogP contribution in [0.1, 0.15) is 12.8 Å². The van der Waals surface area contributed by atoms with Crippen molar-refractivity contribution in [3.63, 3.8) is 0 Å². The Balaban J connectivity index is 1.58. The number of hydrogen-bond acceptors (Lipinski definition) is 8. The van der Waals surface area contributed by atoms with Crippen LogP contribution < -0.4 is 4.18 Å². The van der Waals surface area contributed by atoms with Crippen molar-refractivity contribution < 1.29 is 21.0 Å². The van der Waals surface area contributed by atoms with Crippen LogP contribution in [0.2, 0.25) is 0 Å². The van der Waals surface area contributed by atoms with E-state index >= 15 is 0 Å². The molecule has 0 bridgehead atoms. The molecule has 1 aromatic heterocycles. The number of tetrazole rings is 1. The van der Waals surface area contributed by atoms with E-state index < -0.39 is 20.1 Å². The SMILES string of the molecule is CS(=O)(=O)N1CCC(CS(=O)(=O)Oc2ccc(-n3cnnn3)cc2)CC1. The molecule has 0 radical (unpaired) electrons. The molecule has 1 aliphatic heterocycles. The second kappa shape index (κ2) is 7.29. The van der Waals surface area contributed by atoms with Crippen LogP contribution >= 0.6 is 0 Å². The summed E-state index contributed by atoms with van der Waals surface area (Å²) in [4.78, 5) is 0. The van der Waals surface area contributed by atoms with Gasteiger partial charge in [0.05, 0.1) is 17.7 Å². The van der Waals surface area contributed by atoms with Gasteiger partial charge in [-0.15, -0.1) is 5.10 Å². The molecule has 0 spiro atoms. The Morgan fingerprint density at radius 3 is 2.31 bits per heavy atom. The number of sulfonamides is 1. The van der Waals surface area contributed by atoms with Crippen LogP contribution in [-0.2, 0) is 20.1 Å². The molecule has 3 rings (SSSR count). The Morgan fingerprint density at radius 1 is 1.12 bits per heavy atom.